The molecule has 2 N–H and O–H groups in total. The third-order valence-corrected chi connectivity index (χ3v) is 4.15. The van der Waals surface area contributed by atoms with Crippen LogP contribution in [0.15, 0.2) is 11.4 Å². The highest BCUT2D eigenvalue weighted by atomic mass is 35.5. The van der Waals surface area contributed by atoms with Gasteiger partial charge in [0.15, 0.2) is 0 Å². The Hall–Kier alpha value is -0.830. The van der Waals surface area contributed by atoms with E-state index in [2.05, 4.69) is 4.90 Å². The first-order valence-electron chi connectivity index (χ1n) is 6.12. The molecule has 1 atom stereocenters. The van der Waals surface area contributed by atoms with E-state index in [4.69, 9.17) is 21.5 Å². The Morgan fingerprint density at radius 1 is 1.52 bits per heavy atom. The Labute approximate surface area is 128 Å². The van der Waals surface area contributed by atoms with E-state index in [1.165, 1.54) is 4.88 Å². The number of halogens is 4. The van der Waals surface area contributed by atoms with Crippen LogP contribution in [0.5, 0.6) is 0 Å². The van der Waals surface area contributed by atoms with Crippen LogP contribution < -0.4 is 0 Å². The number of rotatable bonds is 2. The molecule has 1 aromatic rings. The van der Waals surface area contributed by atoms with Crippen LogP contribution in [0.1, 0.15) is 17.7 Å². The molecule has 1 unspecified atom stereocenters. The minimum Gasteiger partial charge on any atom is -0.475 e. The quantitative estimate of drug-likeness (QED) is 0.865. The number of carboxylic acid groups (broad SMARTS) is 1. The molecule has 0 amide bonds. The number of alkyl halides is 3. The summed E-state index contributed by atoms with van der Waals surface area (Å²) < 4.78 is 31.7. The lowest BCUT2D eigenvalue weighted by molar-refractivity contribution is -0.192. The summed E-state index contributed by atoms with van der Waals surface area (Å²) in [5.41, 5.74) is 0. The van der Waals surface area contributed by atoms with Crippen LogP contribution in [0.2, 0.25) is 5.02 Å². The predicted molar refractivity (Wildman–Crippen MR) is 73.5 cm³/mol. The molecule has 0 aromatic carbocycles. The highest BCUT2D eigenvalue weighted by molar-refractivity contribution is 7.10. The van der Waals surface area contributed by atoms with E-state index in [-0.39, 0.29) is 6.10 Å². The van der Waals surface area contributed by atoms with Gasteiger partial charge in [-0.15, -0.1) is 11.3 Å². The van der Waals surface area contributed by atoms with E-state index in [0.29, 0.717) is 0 Å². The molecule has 2 rings (SSSR count). The van der Waals surface area contributed by atoms with Gasteiger partial charge >= 0.3 is 12.1 Å². The van der Waals surface area contributed by atoms with Gasteiger partial charge in [-0.3, -0.25) is 4.90 Å². The first-order valence-corrected chi connectivity index (χ1v) is 7.38. The number of nitrogens with zero attached hydrogens (tertiary/aromatic N) is 1. The number of carbonyl (C=O) groups is 1. The van der Waals surface area contributed by atoms with E-state index < -0.39 is 12.1 Å². The predicted octanol–water partition coefficient (Wildman–Crippen LogP) is 2.99. The fraction of sp³-hybridized carbons (Fsp3) is 0.583. The first kappa shape index (κ1) is 18.2. The van der Waals surface area contributed by atoms with Crippen molar-refractivity contribution in [3.63, 3.8) is 0 Å². The van der Waals surface area contributed by atoms with E-state index in [1.54, 1.807) is 11.3 Å². The second-order valence-electron chi connectivity index (χ2n) is 4.53. The molecular formula is C12H15ClF3NO3S. The van der Waals surface area contributed by atoms with Gasteiger partial charge < -0.3 is 10.2 Å². The Kier molecular flexibility index (Phi) is 6.92. The maximum Gasteiger partial charge on any atom is 0.490 e. The molecule has 21 heavy (non-hydrogen) atoms. The molecule has 4 nitrogen and oxygen atoms in total. The topological polar surface area (TPSA) is 60.8 Å². The molecule has 2 heterocycles. The van der Waals surface area contributed by atoms with Crippen molar-refractivity contribution in [2.75, 3.05) is 13.1 Å². The lowest BCUT2D eigenvalue weighted by atomic mass is 10.1. The molecular weight excluding hydrogens is 331 g/mol. The van der Waals surface area contributed by atoms with Crippen LogP contribution in [0, 0.1) is 0 Å². The SMILES string of the molecule is O=C(O)C(F)(F)F.OC1CCCN(Cc2sccc2Cl)C1. The highest BCUT2D eigenvalue weighted by Gasteiger charge is 2.38. The van der Waals surface area contributed by atoms with Crippen molar-refractivity contribution in [1.82, 2.24) is 4.90 Å². The van der Waals surface area contributed by atoms with Crippen molar-refractivity contribution in [2.45, 2.75) is 31.7 Å². The van der Waals surface area contributed by atoms with Gasteiger partial charge in [0.05, 0.1) is 11.1 Å². The van der Waals surface area contributed by atoms with Gasteiger partial charge in [0.2, 0.25) is 0 Å². The summed E-state index contributed by atoms with van der Waals surface area (Å²) in [7, 11) is 0. The molecule has 1 aliphatic rings. The monoisotopic (exact) mass is 345 g/mol. The Bertz CT molecular complexity index is 467. The molecule has 1 aromatic heterocycles. The molecule has 0 saturated carbocycles. The van der Waals surface area contributed by atoms with Gasteiger partial charge in [-0.25, -0.2) is 4.79 Å². The fourth-order valence-electron chi connectivity index (χ4n) is 1.82. The summed E-state index contributed by atoms with van der Waals surface area (Å²) in [5.74, 6) is -2.76. The molecule has 0 spiro atoms. The zero-order valence-electron chi connectivity index (χ0n) is 10.9. The van der Waals surface area contributed by atoms with Gasteiger partial charge in [-0.2, -0.15) is 13.2 Å². The van der Waals surface area contributed by atoms with Crippen LogP contribution in [0.4, 0.5) is 13.2 Å². The van der Waals surface area contributed by atoms with E-state index >= 15 is 0 Å². The van der Waals surface area contributed by atoms with Gasteiger partial charge in [0, 0.05) is 18.0 Å². The van der Waals surface area contributed by atoms with Crippen LogP contribution in [-0.2, 0) is 11.3 Å². The second-order valence-corrected chi connectivity index (χ2v) is 5.93. The van der Waals surface area contributed by atoms with Gasteiger partial charge in [-0.05, 0) is 30.8 Å². The van der Waals surface area contributed by atoms with Gasteiger partial charge in [0.1, 0.15) is 0 Å². The van der Waals surface area contributed by atoms with Crippen molar-refractivity contribution < 1.29 is 28.2 Å². The van der Waals surface area contributed by atoms with Crippen LogP contribution in [0.3, 0.4) is 0 Å². The maximum absolute atomic E-state index is 10.6. The zero-order valence-corrected chi connectivity index (χ0v) is 12.5. The number of β-amino-alcohol motifs (C(OH)–C–C–N with tert-alkyl or cyclic N) is 1. The third-order valence-electron chi connectivity index (χ3n) is 2.78. The first-order chi connectivity index (χ1) is 9.70. The molecule has 1 aliphatic heterocycles. The van der Waals surface area contributed by atoms with E-state index in [0.717, 1.165) is 37.5 Å². The summed E-state index contributed by atoms with van der Waals surface area (Å²) in [6, 6.07) is 1.93. The summed E-state index contributed by atoms with van der Waals surface area (Å²) >= 11 is 7.71. The standard InChI is InChI=1S/C10H14ClNOS.C2HF3O2/c11-9-3-5-14-10(9)7-12-4-1-2-8(13)6-12;3-2(4,5)1(6)7/h3,5,8,13H,1-2,4,6-7H2;(H,6,7). The van der Waals surface area contributed by atoms with Gasteiger partial charge in [0.25, 0.3) is 0 Å². The summed E-state index contributed by atoms with van der Waals surface area (Å²) in [6.45, 7) is 2.74. The number of aliphatic carboxylic acids is 1. The van der Waals surface area contributed by atoms with E-state index in [1.807, 2.05) is 11.4 Å². The number of piperidine rings is 1. The summed E-state index contributed by atoms with van der Waals surface area (Å²) in [4.78, 5) is 12.4. The Morgan fingerprint density at radius 2 is 2.14 bits per heavy atom. The van der Waals surface area contributed by atoms with Crippen molar-refractivity contribution in [1.29, 1.82) is 0 Å². The Morgan fingerprint density at radius 3 is 2.57 bits per heavy atom. The normalized spacial score (nSPS) is 19.8. The maximum atomic E-state index is 10.6. The van der Waals surface area contributed by atoms with Crippen molar-refractivity contribution in [2.24, 2.45) is 0 Å². The van der Waals surface area contributed by atoms with Gasteiger partial charge in [-0.1, -0.05) is 11.6 Å². The number of carboxylic acids is 1. The van der Waals surface area contributed by atoms with E-state index in [9.17, 15) is 18.3 Å². The molecule has 0 radical (unpaired) electrons. The fourth-order valence-corrected chi connectivity index (χ4v) is 2.95. The van der Waals surface area contributed by atoms with Crippen LogP contribution >= 0.6 is 22.9 Å². The Balaban J connectivity index is 0.000000270. The average molecular weight is 346 g/mol. The number of likely N-dealkylation sites (tertiary alicyclic amines) is 1. The molecule has 120 valence electrons. The molecule has 0 aliphatic carbocycles. The lowest BCUT2D eigenvalue weighted by Gasteiger charge is -2.29. The number of aliphatic hydroxyl groups is 1. The zero-order chi connectivity index (χ0) is 16.0. The van der Waals surface area contributed by atoms with Crippen molar-refractivity contribution in [3.8, 4) is 0 Å². The lowest BCUT2D eigenvalue weighted by Crippen LogP contribution is -2.37. The minimum absolute atomic E-state index is 0.150. The number of thiophene rings is 1. The van der Waals surface area contributed by atoms with Crippen LogP contribution in [-0.4, -0.2) is 46.5 Å². The smallest absolute Gasteiger partial charge is 0.475 e. The largest absolute Gasteiger partial charge is 0.490 e. The number of hydrogen-bond acceptors (Lipinski definition) is 4. The number of aliphatic hydroxyl groups excluding tert-OH is 1. The molecule has 1 fully saturated rings. The highest BCUT2D eigenvalue weighted by Crippen LogP contribution is 2.24. The van der Waals surface area contributed by atoms with Crippen LogP contribution in [0.25, 0.3) is 0 Å². The second kappa shape index (κ2) is 7.98. The summed E-state index contributed by atoms with van der Waals surface area (Å²) in [6.07, 6.45) is -3.21. The van der Waals surface area contributed by atoms with Crippen molar-refractivity contribution >= 4 is 28.9 Å². The van der Waals surface area contributed by atoms with Crippen molar-refractivity contribution in [3.05, 3.63) is 21.3 Å². The average Bonchev–Trinajstić information content (AvgIpc) is 2.75. The minimum atomic E-state index is -5.08. The molecule has 9 heteroatoms. The molecule has 1 saturated heterocycles. The summed E-state index contributed by atoms with van der Waals surface area (Å²) in [5, 5.41) is 19.5. The molecule has 0 bridgehead atoms. The number of hydrogen-bond donors (Lipinski definition) is 2. The third kappa shape index (κ3) is 6.64.